The summed E-state index contributed by atoms with van der Waals surface area (Å²) in [5.41, 5.74) is 0. The van der Waals surface area contributed by atoms with Crippen LogP contribution in [0.4, 0.5) is 0 Å². The lowest BCUT2D eigenvalue weighted by atomic mass is 9.64. The van der Waals surface area contributed by atoms with E-state index in [0.29, 0.717) is 0 Å². The van der Waals surface area contributed by atoms with Gasteiger partial charge >= 0.3 is 0 Å². The van der Waals surface area contributed by atoms with Crippen LogP contribution in [-0.2, 0) is 14.4 Å². The molecule has 12 heavy (non-hydrogen) atoms. The number of carbonyl (C=O) groups is 3. The van der Waals surface area contributed by atoms with E-state index in [9.17, 15) is 14.4 Å². The molecule has 3 aliphatic carbocycles. The summed E-state index contributed by atoms with van der Waals surface area (Å²) in [7, 11) is 0. The van der Waals surface area contributed by atoms with Gasteiger partial charge in [-0.25, -0.2) is 0 Å². The van der Waals surface area contributed by atoms with E-state index < -0.39 is 0 Å². The zero-order chi connectivity index (χ0) is 8.46. The van der Waals surface area contributed by atoms with Crippen molar-refractivity contribution >= 4 is 17.3 Å². The largest absolute Gasteiger partial charge is 0.299 e. The molecule has 3 fully saturated rings. The highest BCUT2D eigenvalue weighted by atomic mass is 16.2. The van der Waals surface area contributed by atoms with Crippen LogP contribution in [0.5, 0.6) is 0 Å². The number of hydrogen-bond donors (Lipinski definition) is 0. The zero-order valence-corrected chi connectivity index (χ0v) is 6.45. The predicted octanol–water partition coefficient (Wildman–Crippen LogP) is -0.0205. The van der Waals surface area contributed by atoms with Crippen LogP contribution in [0, 0.1) is 23.7 Å². The molecule has 0 radical (unpaired) electrons. The quantitative estimate of drug-likeness (QED) is 0.473. The van der Waals surface area contributed by atoms with Gasteiger partial charge < -0.3 is 0 Å². The Hall–Kier alpha value is -0.990. The summed E-state index contributed by atoms with van der Waals surface area (Å²) in [6, 6.07) is 0. The highest BCUT2D eigenvalue weighted by Gasteiger charge is 2.67. The summed E-state index contributed by atoms with van der Waals surface area (Å²) in [4.78, 5) is 33.6. The third-order valence-corrected chi connectivity index (χ3v) is 3.62. The number of rotatable bonds is 0. The molecule has 3 rings (SSSR count). The summed E-state index contributed by atoms with van der Waals surface area (Å²) >= 11 is 0. The Balaban J connectivity index is 2.07. The van der Waals surface area contributed by atoms with Crippen LogP contribution in [0.2, 0.25) is 0 Å². The standard InChI is InChI=1S/C9H8O3/c10-7-3-1-2-4(7)6-5(3)8(11)9(6)12/h3-6H,1-2H2/t3-,4+,5+,6-. The highest BCUT2D eigenvalue weighted by Crippen LogP contribution is 2.55. The second-order valence-corrected chi connectivity index (χ2v) is 3.97. The third-order valence-electron chi connectivity index (χ3n) is 3.62. The van der Waals surface area contributed by atoms with Crippen LogP contribution in [0.1, 0.15) is 12.8 Å². The van der Waals surface area contributed by atoms with Gasteiger partial charge in [0.25, 0.3) is 0 Å². The van der Waals surface area contributed by atoms with Crippen molar-refractivity contribution in [1.82, 2.24) is 0 Å². The van der Waals surface area contributed by atoms with Crippen LogP contribution in [0.25, 0.3) is 0 Å². The van der Waals surface area contributed by atoms with Gasteiger partial charge in [0, 0.05) is 23.7 Å². The van der Waals surface area contributed by atoms with Crippen molar-refractivity contribution < 1.29 is 14.4 Å². The molecule has 0 aliphatic heterocycles. The van der Waals surface area contributed by atoms with Crippen molar-refractivity contribution in [2.75, 3.05) is 0 Å². The monoisotopic (exact) mass is 164 g/mol. The fourth-order valence-electron chi connectivity index (χ4n) is 3.06. The molecule has 0 spiro atoms. The first-order valence-corrected chi connectivity index (χ1v) is 4.33. The molecule has 0 amide bonds. The maximum absolute atomic E-state index is 11.4. The number of hydrogen-bond acceptors (Lipinski definition) is 3. The van der Waals surface area contributed by atoms with Gasteiger partial charge in [-0.05, 0) is 12.8 Å². The second-order valence-electron chi connectivity index (χ2n) is 3.97. The van der Waals surface area contributed by atoms with Gasteiger partial charge in [-0.1, -0.05) is 0 Å². The van der Waals surface area contributed by atoms with E-state index in [1.165, 1.54) is 0 Å². The molecule has 0 heterocycles. The second kappa shape index (κ2) is 1.68. The van der Waals surface area contributed by atoms with Crippen molar-refractivity contribution in [2.45, 2.75) is 12.8 Å². The lowest BCUT2D eigenvalue weighted by Gasteiger charge is -2.34. The molecule has 4 atom stereocenters. The van der Waals surface area contributed by atoms with Crippen LogP contribution >= 0.6 is 0 Å². The molecule has 3 aliphatic rings. The van der Waals surface area contributed by atoms with Crippen molar-refractivity contribution in [1.29, 1.82) is 0 Å². The Morgan fingerprint density at radius 2 is 1.25 bits per heavy atom. The zero-order valence-electron chi connectivity index (χ0n) is 6.45. The third kappa shape index (κ3) is 0.446. The van der Waals surface area contributed by atoms with Crippen molar-refractivity contribution in [3.8, 4) is 0 Å². The average Bonchev–Trinajstić information content (AvgIpc) is 2.56. The Labute approximate surface area is 69.1 Å². The SMILES string of the molecule is O=C1C(=O)[C@H]2[C@@H]1[C@H]1CC[C@@H]2C1=O. The van der Waals surface area contributed by atoms with Crippen molar-refractivity contribution in [3.63, 3.8) is 0 Å². The maximum atomic E-state index is 11.4. The minimum absolute atomic E-state index is 0.0785. The average molecular weight is 164 g/mol. The van der Waals surface area contributed by atoms with E-state index in [1.54, 1.807) is 0 Å². The first-order chi connectivity index (χ1) is 5.72. The molecule has 0 aromatic heterocycles. The Morgan fingerprint density at radius 3 is 1.67 bits per heavy atom. The van der Waals surface area contributed by atoms with Crippen molar-refractivity contribution in [2.24, 2.45) is 23.7 Å². The van der Waals surface area contributed by atoms with Gasteiger partial charge in [0.1, 0.15) is 5.78 Å². The van der Waals surface area contributed by atoms with E-state index in [1.807, 2.05) is 0 Å². The van der Waals surface area contributed by atoms with Crippen LogP contribution in [-0.4, -0.2) is 17.3 Å². The lowest BCUT2D eigenvalue weighted by Crippen LogP contribution is -2.51. The summed E-state index contributed by atoms with van der Waals surface area (Å²) < 4.78 is 0. The number of ketones is 3. The Kier molecular flexibility index (Phi) is 0.911. The molecule has 0 N–H and O–H groups in total. The molecule has 62 valence electrons. The van der Waals surface area contributed by atoms with Gasteiger partial charge in [-0.3, -0.25) is 14.4 Å². The molecule has 0 aromatic rings. The molecular formula is C9H8O3. The summed E-state index contributed by atoms with van der Waals surface area (Å²) in [6.45, 7) is 0. The normalized spacial score (nSPS) is 49.5. The van der Waals surface area contributed by atoms with E-state index in [0.717, 1.165) is 12.8 Å². The van der Waals surface area contributed by atoms with Crippen molar-refractivity contribution in [3.05, 3.63) is 0 Å². The van der Waals surface area contributed by atoms with E-state index >= 15 is 0 Å². The molecule has 0 aromatic carbocycles. The highest BCUT2D eigenvalue weighted by molar-refractivity contribution is 6.47. The number of fused-ring (bicyclic) bond motifs is 5. The molecular weight excluding hydrogens is 156 g/mol. The number of Topliss-reactive ketones (excluding diaryl/α,β-unsaturated/α-hetero) is 3. The predicted molar refractivity (Wildman–Crippen MR) is 38.2 cm³/mol. The van der Waals surface area contributed by atoms with Gasteiger partial charge in [0.15, 0.2) is 0 Å². The van der Waals surface area contributed by atoms with E-state index in [4.69, 9.17) is 0 Å². The molecule has 0 saturated heterocycles. The van der Waals surface area contributed by atoms with Gasteiger partial charge in [-0.15, -0.1) is 0 Å². The fraction of sp³-hybridized carbons (Fsp3) is 0.667. The minimum Gasteiger partial charge on any atom is -0.299 e. The topological polar surface area (TPSA) is 51.2 Å². The molecule has 0 unspecified atom stereocenters. The van der Waals surface area contributed by atoms with Crippen LogP contribution < -0.4 is 0 Å². The molecule has 3 nitrogen and oxygen atoms in total. The van der Waals surface area contributed by atoms with Gasteiger partial charge in [-0.2, -0.15) is 0 Å². The molecule has 2 bridgehead atoms. The van der Waals surface area contributed by atoms with Gasteiger partial charge in [0.05, 0.1) is 0 Å². The fourth-order valence-corrected chi connectivity index (χ4v) is 3.06. The van der Waals surface area contributed by atoms with Crippen LogP contribution in [0.15, 0.2) is 0 Å². The molecule has 3 saturated carbocycles. The smallest absolute Gasteiger partial charge is 0.203 e. The number of carbonyl (C=O) groups excluding carboxylic acids is 3. The summed E-state index contributed by atoms with van der Waals surface area (Å²) in [5.74, 6) is -0.909. The first-order valence-electron chi connectivity index (χ1n) is 4.33. The lowest BCUT2D eigenvalue weighted by molar-refractivity contribution is -0.155. The Bertz CT molecular complexity index is 288. The van der Waals surface area contributed by atoms with Gasteiger partial charge in [0.2, 0.25) is 11.6 Å². The maximum Gasteiger partial charge on any atom is 0.203 e. The molecule has 3 heteroatoms. The minimum atomic E-state index is -0.277. The first kappa shape index (κ1) is 6.52. The van der Waals surface area contributed by atoms with Crippen LogP contribution in [0.3, 0.4) is 0 Å². The summed E-state index contributed by atoms with van der Waals surface area (Å²) in [5, 5.41) is 0. The summed E-state index contributed by atoms with van der Waals surface area (Å²) in [6.07, 6.45) is 1.67. The van der Waals surface area contributed by atoms with E-state index in [-0.39, 0.29) is 41.0 Å². The Morgan fingerprint density at radius 1 is 0.833 bits per heavy atom. The van der Waals surface area contributed by atoms with E-state index in [2.05, 4.69) is 0 Å².